The van der Waals surface area contributed by atoms with Gasteiger partial charge in [-0.15, -0.1) is 0 Å². The highest BCUT2D eigenvalue weighted by molar-refractivity contribution is 5.34. The molecule has 0 amide bonds. The molecule has 0 saturated heterocycles. The molecule has 0 atom stereocenters. The first kappa shape index (κ1) is 7.74. The van der Waals surface area contributed by atoms with Gasteiger partial charge in [-0.3, -0.25) is 4.98 Å². The van der Waals surface area contributed by atoms with E-state index in [1.54, 1.807) is 0 Å². The van der Waals surface area contributed by atoms with E-state index in [1.165, 1.54) is 11.1 Å². The molecular weight excluding hydrogens is 148 g/mol. The fraction of sp³-hybridized carbons (Fsp3) is 0.500. The lowest BCUT2D eigenvalue weighted by Crippen LogP contribution is -2.20. The lowest BCUT2D eigenvalue weighted by molar-refractivity contribution is 0.724. The van der Waals surface area contributed by atoms with Crippen LogP contribution in [-0.2, 0) is 12.0 Å². The Balaban J connectivity index is 2.42. The first-order valence-electron chi connectivity index (χ1n) is 4.48. The Morgan fingerprint density at radius 1 is 1.58 bits per heavy atom. The van der Waals surface area contributed by atoms with Crippen molar-refractivity contribution in [1.82, 2.24) is 4.98 Å². The first-order chi connectivity index (χ1) is 5.76. The Morgan fingerprint density at radius 2 is 2.33 bits per heavy atom. The van der Waals surface area contributed by atoms with Crippen LogP contribution in [0, 0.1) is 0 Å². The minimum Gasteiger partial charge on any atom is -0.321 e. The molecule has 1 heterocycles. The molecule has 0 aliphatic heterocycles. The zero-order chi connectivity index (χ0) is 8.60. The van der Waals surface area contributed by atoms with Crippen LogP contribution in [0.5, 0.6) is 0 Å². The maximum atomic E-state index is 6.12. The molecule has 1 aliphatic rings. The quantitative estimate of drug-likeness (QED) is 0.717. The molecule has 1 saturated carbocycles. The van der Waals surface area contributed by atoms with Gasteiger partial charge in [-0.1, -0.05) is 6.92 Å². The molecule has 64 valence electrons. The Morgan fingerprint density at radius 3 is 2.92 bits per heavy atom. The predicted molar refractivity (Wildman–Crippen MR) is 48.7 cm³/mol. The lowest BCUT2D eigenvalue weighted by Gasteiger charge is -2.12. The average molecular weight is 162 g/mol. The van der Waals surface area contributed by atoms with E-state index in [2.05, 4.69) is 18.0 Å². The summed E-state index contributed by atoms with van der Waals surface area (Å²) in [5.41, 5.74) is 8.72. The summed E-state index contributed by atoms with van der Waals surface area (Å²) in [5.74, 6) is 0. The van der Waals surface area contributed by atoms with Crippen molar-refractivity contribution in [1.29, 1.82) is 0 Å². The van der Waals surface area contributed by atoms with E-state index in [4.69, 9.17) is 5.73 Å². The number of nitrogens with zero attached hydrogens (tertiary/aromatic N) is 1. The fourth-order valence-electron chi connectivity index (χ4n) is 1.60. The van der Waals surface area contributed by atoms with E-state index in [9.17, 15) is 0 Å². The molecule has 1 aliphatic carbocycles. The number of nitrogens with two attached hydrogens (primary N) is 1. The molecule has 0 bridgehead atoms. The Hall–Kier alpha value is -0.890. The van der Waals surface area contributed by atoms with Crippen LogP contribution in [-0.4, -0.2) is 4.98 Å². The van der Waals surface area contributed by atoms with Crippen LogP contribution in [0.25, 0.3) is 0 Å². The predicted octanol–water partition coefficient (Wildman–Crippen LogP) is 1.59. The zero-order valence-corrected chi connectivity index (χ0v) is 7.38. The second-order valence-corrected chi connectivity index (χ2v) is 3.54. The van der Waals surface area contributed by atoms with Crippen LogP contribution in [0.4, 0.5) is 0 Å². The largest absolute Gasteiger partial charge is 0.321 e. The molecule has 0 unspecified atom stereocenters. The average Bonchev–Trinajstić information content (AvgIpc) is 2.85. The van der Waals surface area contributed by atoms with Crippen LogP contribution in [0.3, 0.4) is 0 Å². The van der Waals surface area contributed by atoms with Gasteiger partial charge >= 0.3 is 0 Å². The molecule has 0 spiro atoms. The second-order valence-electron chi connectivity index (χ2n) is 3.54. The molecular formula is C10H14N2. The Kier molecular flexibility index (Phi) is 1.65. The molecule has 2 nitrogen and oxygen atoms in total. The highest BCUT2D eigenvalue weighted by Gasteiger charge is 2.41. The third-order valence-corrected chi connectivity index (χ3v) is 2.61. The van der Waals surface area contributed by atoms with Gasteiger partial charge in [-0.2, -0.15) is 0 Å². The maximum Gasteiger partial charge on any atom is 0.0415 e. The van der Waals surface area contributed by atoms with Crippen molar-refractivity contribution in [3.05, 3.63) is 29.6 Å². The molecule has 2 rings (SSSR count). The van der Waals surface area contributed by atoms with Crippen molar-refractivity contribution in [3.8, 4) is 0 Å². The molecule has 1 fully saturated rings. The highest BCUT2D eigenvalue weighted by Crippen LogP contribution is 2.43. The van der Waals surface area contributed by atoms with Gasteiger partial charge in [-0.05, 0) is 36.5 Å². The van der Waals surface area contributed by atoms with Gasteiger partial charge < -0.3 is 5.73 Å². The standard InChI is InChI=1S/C10H14N2/c1-2-8-7-12-6-3-9(8)10(11)4-5-10/h3,6-7H,2,4-5,11H2,1H3. The van der Waals surface area contributed by atoms with Crippen molar-refractivity contribution in [2.24, 2.45) is 5.73 Å². The number of rotatable bonds is 2. The van der Waals surface area contributed by atoms with Crippen LogP contribution in [0.2, 0.25) is 0 Å². The summed E-state index contributed by atoms with van der Waals surface area (Å²) < 4.78 is 0. The smallest absolute Gasteiger partial charge is 0.0415 e. The van der Waals surface area contributed by atoms with Crippen molar-refractivity contribution in [2.75, 3.05) is 0 Å². The summed E-state index contributed by atoms with van der Waals surface area (Å²) in [5, 5.41) is 0. The van der Waals surface area contributed by atoms with Gasteiger partial charge in [0.15, 0.2) is 0 Å². The SMILES string of the molecule is CCc1cnccc1C1(N)CC1. The van der Waals surface area contributed by atoms with Crippen molar-refractivity contribution in [2.45, 2.75) is 31.7 Å². The van der Waals surface area contributed by atoms with E-state index in [-0.39, 0.29) is 5.54 Å². The molecule has 2 heteroatoms. The van der Waals surface area contributed by atoms with E-state index in [0.717, 1.165) is 19.3 Å². The number of hydrogen-bond donors (Lipinski definition) is 1. The normalized spacial score (nSPS) is 19.2. The monoisotopic (exact) mass is 162 g/mol. The number of aryl methyl sites for hydroxylation is 1. The summed E-state index contributed by atoms with van der Waals surface area (Å²) in [7, 11) is 0. The van der Waals surface area contributed by atoms with E-state index in [1.807, 2.05) is 12.4 Å². The van der Waals surface area contributed by atoms with Crippen LogP contribution in [0.1, 0.15) is 30.9 Å². The fourth-order valence-corrected chi connectivity index (χ4v) is 1.60. The van der Waals surface area contributed by atoms with Gasteiger partial charge in [-0.25, -0.2) is 0 Å². The number of pyridine rings is 1. The highest BCUT2D eigenvalue weighted by atomic mass is 14.8. The maximum absolute atomic E-state index is 6.12. The van der Waals surface area contributed by atoms with Gasteiger partial charge in [0, 0.05) is 17.9 Å². The number of aromatic nitrogens is 1. The minimum absolute atomic E-state index is 0.00567. The lowest BCUT2D eigenvalue weighted by atomic mass is 10.00. The van der Waals surface area contributed by atoms with Crippen molar-refractivity contribution >= 4 is 0 Å². The van der Waals surface area contributed by atoms with E-state index < -0.39 is 0 Å². The van der Waals surface area contributed by atoms with Gasteiger partial charge in [0.25, 0.3) is 0 Å². The first-order valence-corrected chi connectivity index (χ1v) is 4.48. The summed E-state index contributed by atoms with van der Waals surface area (Å²) in [4.78, 5) is 4.10. The summed E-state index contributed by atoms with van der Waals surface area (Å²) >= 11 is 0. The summed E-state index contributed by atoms with van der Waals surface area (Å²) in [6.07, 6.45) is 7.06. The Bertz CT molecular complexity index is 290. The van der Waals surface area contributed by atoms with Gasteiger partial charge in [0.05, 0.1) is 0 Å². The van der Waals surface area contributed by atoms with Gasteiger partial charge in [0.2, 0.25) is 0 Å². The van der Waals surface area contributed by atoms with Crippen molar-refractivity contribution in [3.63, 3.8) is 0 Å². The van der Waals surface area contributed by atoms with Crippen molar-refractivity contribution < 1.29 is 0 Å². The van der Waals surface area contributed by atoms with Crippen LogP contribution >= 0.6 is 0 Å². The topological polar surface area (TPSA) is 38.9 Å². The molecule has 0 aromatic carbocycles. The molecule has 12 heavy (non-hydrogen) atoms. The third-order valence-electron chi connectivity index (χ3n) is 2.61. The molecule has 2 N–H and O–H groups in total. The van der Waals surface area contributed by atoms with E-state index >= 15 is 0 Å². The molecule has 0 radical (unpaired) electrons. The second kappa shape index (κ2) is 2.56. The summed E-state index contributed by atoms with van der Waals surface area (Å²) in [6, 6.07) is 2.06. The Labute approximate surface area is 72.8 Å². The zero-order valence-electron chi connectivity index (χ0n) is 7.38. The van der Waals surface area contributed by atoms with Crippen LogP contribution in [0.15, 0.2) is 18.5 Å². The molecule has 1 aromatic rings. The third kappa shape index (κ3) is 1.12. The van der Waals surface area contributed by atoms with E-state index in [0.29, 0.717) is 0 Å². The molecule has 1 aromatic heterocycles. The minimum atomic E-state index is -0.00567. The summed E-state index contributed by atoms with van der Waals surface area (Å²) in [6.45, 7) is 2.15. The number of hydrogen-bond acceptors (Lipinski definition) is 2. The van der Waals surface area contributed by atoms with Crippen LogP contribution < -0.4 is 5.73 Å². The van der Waals surface area contributed by atoms with Gasteiger partial charge in [0.1, 0.15) is 0 Å².